The summed E-state index contributed by atoms with van der Waals surface area (Å²) in [5.41, 5.74) is 1.24. The molecule has 3 rings (SSSR count). The van der Waals surface area contributed by atoms with Gasteiger partial charge in [-0.25, -0.2) is 0 Å². The molecule has 2 heterocycles. The summed E-state index contributed by atoms with van der Waals surface area (Å²) in [7, 11) is 1.70. The van der Waals surface area contributed by atoms with E-state index in [2.05, 4.69) is 22.3 Å². The van der Waals surface area contributed by atoms with Crippen molar-refractivity contribution in [2.24, 2.45) is 5.92 Å². The van der Waals surface area contributed by atoms with Crippen molar-refractivity contribution in [1.29, 1.82) is 0 Å². The maximum absolute atomic E-state index is 11.4. The Bertz CT molecular complexity index is 518. The van der Waals surface area contributed by atoms with E-state index in [9.17, 15) is 4.79 Å². The van der Waals surface area contributed by atoms with Gasteiger partial charge >= 0.3 is 0 Å². The summed E-state index contributed by atoms with van der Waals surface area (Å²) in [6.45, 7) is 4.19. The van der Waals surface area contributed by atoms with Crippen LogP contribution < -0.4 is 14.8 Å². The highest BCUT2D eigenvalue weighted by Gasteiger charge is 2.24. The van der Waals surface area contributed by atoms with Crippen LogP contribution >= 0.6 is 0 Å². The molecule has 0 spiro atoms. The lowest BCUT2D eigenvalue weighted by atomic mass is 10.0. The highest BCUT2D eigenvalue weighted by molar-refractivity contribution is 5.75. The average molecular weight is 290 g/mol. The van der Waals surface area contributed by atoms with Gasteiger partial charge in [0.15, 0.2) is 11.5 Å². The molecule has 1 N–H and O–H groups in total. The van der Waals surface area contributed by atoms with Crippen LogP contribution in [0.15, 0.2) is 18.2 Å². The Hall–Kier alpha value is -1.75. The van der Waals surface area contributed by atoms with Gasteiger partial charge in [0.25, 0.3) is 0 Å². The zero-order chi connectivity index (χ0) is 14.7. The molecule has 21 heavy (non-hydrogen) atoms. The maximum atomic E-state index is 11.4. The molecule has 1 aromatic rings. The first kappa shape index (κ1) is 14.2. The van der Waals surface area contributed by atoms with Crippen molar-refractivity contribution < 1.29 is 14.3 Å². The van der Waals surface area contributed by atoms with E-state index in [1.807, 2.05) is 6.07 Å². The van der Waals surface area contributed by atoms with Crippen molar-refractivity contribution >= 4 is 5.91 Å². The minimum absolute atomic E-state index is 0.140. The fourth-order valence-electron chi connectivity index (χ4n) is 3.03. The Balaban J connectivity index is 1.56. The summed E-state index contributed by atoms with van der Waals surface area (Å²) in [6, 6.07) is 6.15. The summed E-state index contributed by atoms with van der Waals surface area (Å²) in [6.07, 6.45) is 1.73. The summed E-state index contributed by atoms with van der Waals surface area (Å²) in [5.74, 6) is 2.30. The summed E-state index contributed by atoms with van der Waals surface area (Å²) < 4.78 is 11.2. The standard InChI is InChI=1S/C16H22N2O3/c1-17-16(19)9-13-4-5-18(11-13)10-12-2-3-14-15(8-12)21-7-6-20-14/h2-3,8,13H,4-7,9-11H2,1H3,(H,17,19)/t13-/m1/s1. The Morgan fingerprint density at radius 2 is 2.14 bits per heavy atom. The van der Waals surface area contributed by atoms with Gasteiger partial charge in [-0.15, -0.1) is 0 Å². The predicted octanol–water partition coefficient (Wildman–Crippen LogP) is 1.42. The van der Waals surface area contributed by atoms with E-state index in [4.69, 9.17) is 9.47 Å². The topological polar surface area (TPSA) is 50.8 Å². The van der Waals surface area contributed by atoms with E-state index < -0.39 is 0 Å². The number of fused-ring (bicyclic) bond motifs is 1. The molecule has 114 valence electrons. The largest absolute Gasteiger partial charge is 0.486 e. The predicted molar refractivity (Wildman–Crippen MR) is 79.5 cm³/mol. The Kier molecular flexibility index (Phi) is 4.29. The second-order valence-corrected chi connectivity index (χ2v) is 5.75. The molecule has 0 aromatic heterocycles. The molecule has 5 nitrogen and oxygen atoms in total. The number of carbonyl (C=O) groups is 1. The number of amides is 1. The van der Waals surface area contributed by atoms with Crippen molar-refractivity contribution in [3.8, 4) is 11.5 Å². The molecule has 0 bridgehead atoms. The summed E-state index contributed by atoms with van der Waals surface area (Å²) in [5, 5.41) is 2.70. The van der Waals surface area contributed by atoms with Crippen LogP contribution in [0.1, 0.15) is 18.4 Å². The highest BCUT2D eigenvalue weighted by atomic mass is 16.6. The number of rotatable bonds is 4. The Morgan fingerprint density at radius 3 is 2.95 bits per heavy atom. The molecule has 0 radical (unpaired) electrons. The van der Waals surface area contributed by atoms with Crippen molar-refractivity contribution in [2.45, 2.75) is 19.4 Å². The zero-order valence-corrected chi connectivity index (χ0v) is 12.4. The third-order valence-corrected chi connectivity index (χ3v) is 4.14. The molecular weight excluding hydrogens is 268 g/mol. The molecule has 2 aliphatic heterocycles. The number of ether oxygens (including phenoxy) is 2. The average Bonchev–Trinajstić information content (AvgIpc) is 2.94. The lowest BCUT2D eigenvalue weighted by Crippen LogP contribution is -2.24. The molecule has 1 atom stereocenters. The maximum Gasteiger partial charge on any atom is 0.220 e. The minimum atomic E-state index is 0.140. The van der Waals surface area contributed by atoms with Crippen LogP contribution in [0.3, 0.4) is 0 Å². The van der Waals surface area contributed by atoms with Gasteiger partial charge in [0, 0.05) is 26.6 Å². The molecular formula is C16H22N2O3. The van der Waals surface area contributed by atoms with E-state index in [0.29, 0.717) is 25.6 Å². The smallest absolute Gasteiger partial charge is 0.220 e. The van der Waals surface area contributed by atoms with Crippen LogP contribution in [0.4, 0.5) is 0 Å². The molecule has 0 unspecified atom stereocenters. The van der Waals surface area contributed by atoms with E-state index in [-0.39, 0.29) is 5.91 Å². The summed E-state index contributed by atoms with van der Waals surface area (Å²) in [4.78, 5) is 13.8. The first-order chi connectivity index (χ1) is 10.2. The van der Waals surface area contributed by atoms with Gasteiger partial charge in [-0.1, -0.05) is 6.07 Å². The zero-order valence-electron chi connectivity index (χ0n) is 12.4. The second-order valence-electron chi connectivity index (χ2n) is 5.75. The second kappa shape index (κ2) is 6.35. The van der Waals surface area contributed by atoms with Crippen LogP contribution in [0.5, 0.6) is 11.5 Å². The fraction of sp³-hybridized carbons (Fsp3) is 0.562. The Labute approximate surface area is 125 Å². The van der Waals surface area contributed by atoms with Crippen molar-refractivity contribution in [2.75, 3.05) is 33.4 Å². The molecule has 1 saturated heterocycles. The van der Waals surface area contributed by atoms with Crippen LogP contribution in [0, 0.1) is 5.92 Å². The third-order valence-electron chi connectivity index (χ3n) is 4.14. The number of hydrogen-bond acceptors (Lipinski definition) is 4. The monoisotopic (exact) mass is 290 g/mol. The van der Waals surface area contributed by atoms with Gasteiger partial charge < -0.3 is 14.8 Å². The lowest BCUT2D eigenvalue weighted by molar-refractivity contribution is -0.121. The number of nitrogens with zero attached hydrogens (tertiary/aromatic N) is 1. The van der Waals surface area contributed by atoms with Gasteiger partial charge in [-0.05, 0) is 36.6 Å². The fourth-order valence-corrected chi connectivity index (χ4v) is 3.03. The molecule has 2 aliphatic rings. The number of nitrogens with one attached hydrogen (secondary N) is 1. The van der Waals surface area contributed by atoms with E-state index in [0.717, 1.165) is 37.6 Å². The number of benzene rings is 1. The summed E-state index contributed by atoms with van der Waals surface area (Å²) >= 11 is 0. The third kappa shape index (κ3) is 3.47. The molecule has 0 saturated carbocycles. The first-order valence-corrected chi connectivity index (χ1v) is 7.56. The molecule has 1 aromatic carbocycles. The van der Waals surface area contributed by atoms with Crippen LogP contribution in [-0.2, 0) is 11.3 Å². The van der Waals surface area contributed by atoms with Gasteiger partial charge in [-0.3, -0.25) is 9.69 Å². The van der Waals surface area contributed by atoms with Crippen LogP contribution in [0.2, 0.25) is 0 Å². The normalized spacial score (nSPS) is 21.3. The molecule has 1 fully saturated rings. The van der Waals surface area contributed by atoms with E-state index in [1.54, 1.807) is 7.05 Å². The van der Waals surface area contributed by atoms with Crippen molar-refractivity contribution in [1.82, 2.24) is 10.2 Å². The van der Waals surface area contributed by atoms with Gasteiger partial charge in [-0.2, -0.15) is 0 Å². The number of carbonyl (C=O) groups excluding carboxylic acids is 1. The van der Waals surface area contributed by atoms with Gasteiger partial charge in [0.2, 0.25) is 5.91 Å². The molecule has 1 amide bonds. The number of likely N-dealkylation sites (tertiary alicyclic amines) is 1. The lowest BCUT2D eigenvalue weighted by Gasteiger charge is -2.21. The van der Waals surface area contributed by atoms with Gasteiger partial charge in [0.1, 0.15) is 13.2 Å². The minimum Gasteiger partial charge on any atom is -0.486 e. The van der Waals surface area contributed by atoms with E-state index >= 15 is 0 Å². The van der Waals surface area contributed by atoms with Crippen LogP contribution in [0.25, 0.3) is 0 Å². The SMILES string of the molecule is CNC(=O)C[C@H]1CCN(Cc2ccc3c(c2)OCCO3)C1. The van der Waals surface area contributed by atoms with Crippen LogP contribution in [-0.4, -0.2) is 44.2 Å². The quantitative estimate of drug-likeness (QED) is 0.911. The van der Waals surface area contributed by atoms with Crippen molar-refractivity contribution in [3.05, 3.63) is 23.8 Å². The Morgan fingerprint density at radius 1 is 1.33 bits per heavy atom. The number of hydrogen-bond donors (Lipinski definition) is 1. The molecule has 0 aliphatic carbocycles. The molecule has 5 heteroatoms. The highest BCUT2D eigenvalue weighted by Crippen LogP contribution is 2.31. The van der Waals surface area contributed by atoms with Gasteiger partial charge in [0.05, 0.1) is 0 Å². The van der Waals surface area contributed by atoms with Crippen molar-refractivity contribution in [3.63, 3.8) is 0 Å². The first-order valence-electron chi connectivity index (χ1n) is 7.56. The van der Waals surface area contributed by atoms with E-state index in [1.165, 1.54) is 5.56 Å².